The van der Waals surface area contributed by atoms with Crippen molar-refractivity contribution in [3.05, 3.63) is 52.6 Å². The number of hydrogen-bond donors (Lipinski definition) is 2. The summed E-state index contributed by atoms with van der Waals surface area (Å²) < 4.78 is 10.1. The number of carbonyl (C=O) groups is 1. The molecule has 0 aliphatic heterocycles. The van der Waals surface area contributed by atoms with Crippen LogP contribution in [0.1, 0.15) is 5.56 Å². The molecule has 0 fully saturated rings. The molecule has 0 aliphatic carbocycles. The smallest absolute Gasteiger partial charge is 0.266 e. The topological polar surface area (TPSA) is 91.6 Å². The Labute approximate surface area is 149 Å². The maximum Gasteiger partial charge on any atom is 0.266 e. The number of nitrogens with zero attached hydrogens (tertiary/aromatic N) is 1. The lowest BCUT2D eigenvalue weighted by Gasteiger charge is -2.10. The van der Waals surface area contributed by atoms with Gasteiger partial charge in [0.1, 0.15) is 11.6 Å². The second kappa shape index (κ2) is 8.08. The van der Waals surface area contributed by atoms with E-state index in [2.05, 4.69) is 5.32 Å². The fourth-order valence-electron chi connectivity index (χ4n) is 2.06. The third-order valence-corrected chi connectivity index (χ3v) is 3.63. The summed E-state index contributed by atoms with van der Waals surface area (Å²) >= 11 is 6.00. The molecule has 0 bridgehead atoms. The van der Waals surface area contributed by atoms with Crippen molar-refractivity contribution in [1.29, 1.82) is 5.26 Å². The number of hydrogen-bond acceptors (Lipinski definition) is 5. The number of phenolic OH excluding ortho intramolecular Hbond substituents is 1. The third-order valence-electron chi connectivity index (χ3n) is 3.30. The number of nitriles is 1. The second-order valence-electron chi connectivity index (χ2n) is 4.88. The molecule has 0 spiro atoms. The number of methoxy groups -OCH3 is 2. The molecule has 0 radical (unpaired) electrons. The summed E-state index contributed by atoms with van der Waals surface area (Å²) in [6, 6.07) is 11.5. The molecule has 2 rings (SSSR count). The van der Waals surface area contributed by atoms with Gasteiger partial charge in [-0.05, 0) is 35.9 Å². The van der Waals surface area contributed by atoms with Crippen LogP contribution >= 0.6 is 11.6 Å². The highest BCUT2D eigenvalue weighted by Gasteiger charge is 2.14. The van der Waals surface area contributed by atoms with E-state index >= 15 is 0 Å². The number of halogens is 1. The van der Waals surface area contributed by atoms with Crippen molar-refractivity contribution in [3.63, 3.8) is 0 Å². The molecule has 0 aliphatic rings. The van der Waals surface area contributed by atoms with E-state index in [-0.39, 0.29) is 22.8 Å². The van der Waals surface area contributed by atoms with Crippen LogP contribution in [0.4, 0.5) is 5.69 Å². The van der Waals surface area contributed by atoms with Crippen LogP contribution in [0.15, 0.2) is 42.0 Å². The number of rotatable bonds is 5. The zero-order chi connectivity index (χ0) is 18.4. The molecule has 1 amide bonds. The Morgan fingerprint density at radius 1 is 1.24 bits per heavy atom. The molecule has 0 atom stereocenters. The van der Waals surface area contributed by atoms with Crippen LogP contribution in [-0.4, -0.2) is 25.2 Å². The zero-order valence-corrected chi connectivity index (χ0v) is 14.3. The van der Waals surface area contributed by atoms with Gasteiger partial charge in [0.2, 0.25) is 5.75 Å². The van der Waals surface area contributed by atoms with Crippen LogP contribution < -0.4 is 14.8 Å². The van der Waals surface area contributed by atoms with Gasteiger partial charge in [-0.3, -0.25) is 4.79 Å². The molecule has 6 nitrogen and oxygen atoms in total. The van der Waals surface area contributed by atoms with Gasteiger partial charge in [0, 0.05) is 0 Å². The maximum atomic E-state index is 12.3. The Kier molecular flexibility index (Phi) is 5.88. The number of para-hydroxylation sites is 1. The molecule has 0 heterocycles. The van der Waals surface area contributed by atoms with Crippen molar-refractivity contribution in [1.82, 2.24) is 0 Å². The summed E-state index contributed by atoms with van der Waals surface area (Å²) in [5.74, 6) is -0.452. The van der Waals surface area contributed by atoms with E-state index in [0.29, 0.717) is 16.3 Å². The molecular formula is C18H15ClN2O4. The summed E-state index contributed by atoms with van der Waals surface area (Å²) in [6.45, 7) is 0. The predicted molar refractivity (Wildman–Crippen MR) is 94.9 cm³/mol. The quantitative estimate of drug-likeness (QED) is 0.629. The predicted octanol–water partition coefficient (Wildman–Crippen LogP) is 3.61. The van der Waals surface area contributed by atoms with Crippen LogP contribution in [0.3, 0.4) is 0 Å². The first-order valence-corrected chi connectivity index (χ1v) is 7.50. The van der Waals surface area contributed by atoms with Crippen molar-refractivity contribution in [2.45, 2.75) is 0 Å². The van der Waals surface area contributed by atoms with Gasteiger partial charge in [0.25, 0.3) is 5.91 Å². The van der Waals surface area contributed by atoms with Gasteiger partial charge in [-0.25, -0.2) is 0 Å². The molecule has 7 heteroatoms. The van der Waals surface area contributed by atoms with Gasteiger partial charge in [-0.2, -0.15) is 5.26 Å². The van der Waals surface area contributed by atoms with Gasteiger partial charge >= 0.3 is 0 Å². The highest BCUT2D eigenvalue weighted by atomic mass is 35.5. The summed E-state index contributed by atoms with van der Waals surface area (Å²) in [5, 5.41) is 22.1. The van der Waals surface area contributed by atoms with Crippen LogP contribution in [0, 0.1) is 11.3 Å². The molecule has 2 N–H and O–H groups in total. The first-order chi connectivity index (χ1) is 12.0. The second-order valence-corrected chi connectivity index (χ2v) is 5.29. The minimum Gasteiger partial charge on any atom is -0.502 e. The normalized spacial score (nSPS) is 10.7. The number of anilines is 1. The van der Waals surface area contributed by atoms with Gasteiger partial charge in [0.05, 0.1) is 24.9 Å². The minimum absolute atomic E-state index is 0.144. The van der Waals surface area contributed by atoms with E-state index in [0.717, 1.165) is 0 Å². The van der Waals surface area contributed by atoms with Gasteiger partial charge in [0.15, 0.2) is 11.5 Å². The van der Waals surface area contributed by atoms with Crippen molar-refractivity contribution in [3.8, 4) is 23.3 Å². The molecular weight excluding hydrogens is 344 g/mol. The van der Waals surface area contributed by atoms with E-state index in [4.69, 9.17) is 21.1 Å². The highest BCUT2D eigenvalue weighted by Crippen LogP contribution is 2.37. The van der Waals surface area contributed by atoms with E-state index in [1.807, 2.05) is 6.07 Å². The van der Waals surface area contributed by atoms with Crippen LogP contribution in [0.2, 0.25) is 5.02 Å². The summed E-state index contributed by atoms with van der Waals surface area (Å²) in [6.07, 6.45) is 1.36. The van der Waals surface area contributed by atoms with Crippen molar-refractivity contribution in [2.75, 3.05) is 19.5 Å². The molecule has 2 aromatic rings. The monoisotopic (exact) mass is 358 g/mol. The Morgan fingerprint density at radius 2 is 1.84 bits per heavy atom. The minimum atomic E-state index is -0.610. The number of ether oxygens (including phenoxy) is 2. The SMILES string of the molecule is COc1cc(C=C(C#N)C(=O)Nc2ccccc2Cl)cc(OC)c1O. The molecule has 0 saturated carbocycles. The van der Waals surface area contributed by atoms with E-state index in [1.54, 1.807) is 24.3 Å². The number of carbonyl (C=O) groups excluding carboxylic acids is 1. The fourth-order valence-corrected chi connectivity index (χ4v) is 2.25. The van der Waals surface area contributed by atoms with Crippen molar-refractivity contribution in [2.24, 2.45) is 0 Å². The van der Waals surface area contributed by atoms with Gasteiger partial charge in [-0.1, -0.05) is 23.7 Å². The number of aromatic hydroxyl groups is 1. The number of benzene rings is 2. The number of phenols is 1. The van der Waals surface area contributed by atoms with E-state index in [1.165, 1.54) is 32.4 Å². The summed E-state index contributed by atoms with van der Waals surface area (Å²) in [7, 11) is 2.77. The molecule has 25 heavy (non-hydrogen) atoms. The largest absolute Gasteiger partial charge is 0.502 e. The number of amides is 1. The van der Waals surface area contributed by atoms with Gasteiger partial charge in [-0.15, -0.1) is 0 Å². The Morgan fingerprint density at radius 3 is 2.36 bits per heavy atom. The Balaban J connectivity index is 2.36. The lowest BCUT2D eigenvalue weighted by molar-refractivity contribution is -0.112. The Hall–Kier alpha value is -3.17. The number of nitrogens with one attached hydrogen (secondary N) is 1. The van der Waals surface area contributed by atoms with Crippen LogP contribution in [0.5, 0.6) is 17.2 Å². The maximum absolute atomic E-state index is 12.3. The molecule has 0 unspecified atom stereocenters. The van der Waals surface area contributed by atoms with Crippen molar-refractivity contribution < 1.29 is 19.4 Å². The fraction of sp³-hybridized carbons (Fsp3) is 0.111. The molecule has 128 valence electrons. The molecule has 0 saturated heterocycles. The molecule has 0 aromatic heterocycles. The Bertz CT molecular complexity index is 847. The zero-order valence-electron chi connectivity index (χ0n) is 13.5. The summed E-state index contributed by atoms with van der Waals surface area (Å²) in [5.41, 5.74) is 0.711. The lowest BCUT2D eigenvalue weighted by atomic mass is 10.1. The summed E-state index contributed by atoms with van der Waals surface area (Å²) in [4.78, 5) is 12.3. The standard InChI is InChI=1S/C18H15ClN2O4/c1-24-15-8-11(9-16(25-2)17(15)22)7-12(10-20)18(23)21-14-6-4-3-5-13(14)19/h3-9,22H,1-2H3,(H,21,23). The highest BCUT2D eigenvalue weighted by molar-refractivity contribution is 6.34. The van der Waals surface area contributed by atoms with Gasteiger partial charge < -0.3 is 19.9 Å². The average molecular weight is 359 g/mol. The molecule has 2 aromatic carbocycles. The van der Waals surface area contributed by atoms with E-state index < -0.39 is 5.91 Å². The van der Waals surface area contributed by atoms with Crippen molar-refractivity contribution >= 4 is 29.3 Å². The third kappa shape index (κ3) is 4.22. The van der Waals surface area contributed by atoms with E-state index in [9.17, 15) is 15.2 Å². The van der Waals surface area contributed by atoms with Crippen LogP contribution in [0.25, 0.3) is 6.08 Å². The van der Waals surface area contributed by atoms with Crippen LogP contribution in [-0.2, 0) is 4.79 Å². The first kappa shape index (κ1) is 18.2. The average Bonchev–Trinajstić information content (AvgIpc) is 2.62. The lowest BCUT2D eigenvalue weighted by Crippen LogP contribution is -2.13. The first-order valence-electron chi connectivity index (χ1n) is 7.12.